The van der Waals surface area contributed by atoms with Gasteiger partial charge in [0.15, 0.2) is 11.5 Å². The molecule has 0 spiro atoms. The summed E-state index contributed by atoms with van der Waals surface area (Å²) in [4.78, 5) is 0. The van der Waals surface area contributed by atoms with Crippen molar-refractivity contribution in [2.45, 2.75) is 6.18 Å². The molecule has 3 nitrogen and oxygen atoms in total. The fourth-order valence-electron chi connectivity index (χ4n) is 1.17. The normalized spacial score (nSPS) is 12.2. The van der Waals surface area contributed by atoms with E-state index in [1.54, 1.807) is 0 Å². The maximum Gasteiger partial charge on any atom is 0.417 e. The van der Waals surface area contributed by atoms with Gasteiger partial charge in [0.1, 0.15) is 0 Å². The number of phenolic OH excluding ortho intramolecular Hbond substituents is 2. The van der Waals surface area contributed by atoms with Crippen LogP contribution in [0.1, 0.15) is 11.1 Å². The number of phenols is 2. The summed E-state index contributed by atoms with van der Waals surface area (Å²) in [5, 5.41) is 18.1. The number of benzene rings is 1. The van der Waals surface area contributed by atoms with Crippen LogP contribution in [0.15, 0.2) is 18.2 Å². The number of rotatable bonds is 2. The Kier molecular flexibility index (Phi) is 3.44. The highest BCUT2D eigenvalue weighted by Crippen LogP contribution is 2.38. The minimum absolute atomic E-state index is 0.0823. The van der Waals surface area contributed by atoms with E-state index in [9.17, 15) is 13.2 Å². The van der Waals surface area contributed by atoms with Gasteiger partial charge in [0, 0.05) is 6.54 Å². The molecule has 0 saturated carbocycles. The fraction of sp³-hybridized carbons (Fsp3) is 0.200. The molecular formula is C10H10F3NO2. The molecule has 0 heterocycles. The molecule has 1 aromatic rings. The lowest BCUT2D eigenvalue weighted by molar-refractivity contribution is -0.137. The monoisotopic (exact) mass is 233 g/mol. The van der Waals surface area contributed by atoms with Gasteiger partial charge in [0.25, 0.3) is 0 Å². The molecule has 0 radical (unpaired) electrons. The molecule has 1 aromatic carbocycles. The molecule has 0 aromatic heterocycles. The second-order valence-electron chi connectivity index (χ2n) is 3.06. The van der Waals surface area contributed by atoms with E-state index < -0.39 is 23.2 Å². The van der Waals surface area contributed by atoms with E-state index in [0.29, 0.717) is 6.07 Å². The van der Waals surface area contributed by atoms with Gasteiger partial charge in [-0.25, -0.2) is 0 Å². The van der Waals surface area contributed by atoms with Gasteiger partial charge in [-0.3, -0.25) is 0 Å². The topological polar surface area (TPSA) is 66.5 Å². The predicted octanol–water partition coefficient (Wildman–Crippen LogP) is 2.09. The quantitative estimate of drug-likeness (QED) is 0.685. The Morgan fingerprint density at radius 1 is 1.19 bits per heavy atom. The molecule has 0 aliphatic rings. The first-order chi connectivity index (χ1) is 7.36. The first-order valence-corrected chi connectivity index (χ1v) is 4.36. The van der Waals surface area contributed by atoms with Crippen molar-refractivity contribution in [2.24, 2.45) is 5.73 Å². The van der Waals surface area contributed by atoms with Crippen LogP contribution in [0.2, 0.25) is 0 Å². The zero-order valence-corrected chi connectivity index (χ0v) is 8.12. The molecule has 0 aliphatic carbocycles. The molecule has 0 saturated heterocycles. The van der Waals surface area contributed by atoms with Crippen molar-refractivity contribution in [2.75, 3.05) is 6.54 Å². The van der Waals surface area contributed by atoms with Crippen LogP contribution in [-0.2, 0) is 6.18 Å². The molecule has 88 valence electrons. The van der Waals surface area contributed by atoms with Gasteiger partial charge in [-0.2, -0.15) is 13.2 Å². The Hall–Kier alpha value is -1.69. The Labute approximate surface area is 89.6 Å². The summed E-state index contributed by atoms with van der Waals surface area (Å²) in [5.41, 5.74) is 3.86. The number of hydrogen-bond acceptors (Lipinski definition) is 3. The minimum Gasteiger partial charge on any atom is -0.504 e. The van der Waals surface area contributed by atoms with Gasteiger partial charge in [-0.15, -0.1) is 0 Å². The zero-order chi connectivity index (χ0) is 12.3. The first kappa shape index (κ1) is 12.4. The summed E-state index contributed by atoms with van der Waals surface area (Å²) in [6, 6.07) is 1.32. The van der Waals surface area contributed by atoms with Crippen molar-refractivity contribution < 1.29 is 23.4 Å². The SMILES string of the molecule is NC/C=C/c1cc(O)c(O)cc1C(F)(F)F. The van der Waals surface area contributed by atoms with Crippen LogP contribution in [0.25, 0.3) is 6.08 Å². The molecule has 0 fully saturated rings. The van der Waals surface area contributed by atoms with Crippen LogP contribution < -0.4 is 5.73 Å². The van der Waals surface area contributed by atoms with Crippen LogP contribution in [0, 0.1) is 0 Å². The van der Waals surface area contributed by atoms with E-state index in [1.807, 2.05) is 0 Å². The fourth-order valence-corrected chi connectivity index (χ4v) is 1.17. The van der Waals surface area contributed by atoms with Gasteiger partial charge in [-0.05, 0) is 17.7 Å². The lowest BCUT2D eigenvalue weighted by Gasteiger charge is -2.11. The Bertz CT molecular complexity index is 413. The number of hydrogen-bond donors (Lipinski definition) is 3. The van der Waals surface area contributed by atoms with E-state index in [1.165, 1.54) is 6.08 Å². The summed E-state index contributed by atoms with van der Waals surface area (Å²) in [7, 11) is 0. The van der Waals surface area contributed by atoms with Crippen molar-refractivity contribution in [1.29, 1.82) is 0 Å². The second kappa shape index (κ2) is 4.44. The van der Waals surface area contributed by atoms with Gasteiger partial charge in [-0.1, -0.05) is 12.2 Å². The van der Waals surface area contributed by atoms with Crippen LogP contribution in [0.5, 0.6) is 11.5 Å². The number of nitrogens with two attached hydrogens (primary N) is 1. The average Bonchev–Trinajstić information content (AvgIpc) is 2.17. The zero-order valence-electron chi connectivity index (χ0n) is 8.12. The summed E-state index contributed by atoms with van der Waals surface area (Å²) < 4.78 is 37.6. The van der Waals surface area contributed by atoms with Crippen molar-refractivity contribution >= 4 is 6.08 Å². The maximum atomic E-state index is 12.5. The standard InChI is InChI=1S/C10H10F3NO2/c11-10(12,13)7-5-9(16)8(15)4-6(7)2-1-3-14/h1-2,4-5,15-16H,3,14H2/b2-1+. The van der Waals surface area contributed by atoms with Crippen molar-refractivity contribution in [3.8, 4) is 11.5 Å². The highest BCUT2D eigenvalue weighted by molar-refractivity contribution is 5.60. The smallest absolute Gasteiger partial charge is 0.417 e. The second-order valence-corrected chi connectivity index (χ2v) is 3.06. The van der Waals surface area contributed by atoms with Crippen molar-refractivity contribution in [3.63, 3.8) is 0 Å². The van der Waals surface area contributed by atoms with Gasteiger partial charge in [0.2, 0.25) is 0 Å². The number of halogens is 3. The lowest BCUT2D eigenvalue weighted by Crippen LogP contribution is -2.07. The van der Waals surface area contributed by atoms with E-state index in [4.69, 9.17) is 15.9 Å². The summed E-state index contributed by atoms with van der Waals surface area (Å²) in [6.07, 6.45) is -2.14. The van der Waals surface area contributed by atoms with Crippen molar-refractivity contribution in [1.82, 2.24) is 0 Å². The van der Waals surface area contributed by atoms with Gasteiger partial charge >= 0.3 is 6.18 Å². The molecule has 0 bridgehead atoms. The molecule has 16 heavy (non-hydrogen) atoms. The Balaban J connectivity index is 3.33. The largest absolute Gasteiger partial charge is 0.504 e. The van der Waals surface area contributed by atoms with E-state index in [2.05, 4.69) is 0 Å². The Morgan fingerprint density at radius 2 is 1.75 bits per heavy atom. The molecule has 0 amide bonds. The van der Waals surface area contributed by atoms with Crippen molar-refractivity contribution in [3.05, 3.63) is 29.3 Å². The van der Waals surface area contributed by atoms with E-state index >= 15 is 0 Å². The van der Waals surface area contributed by atoms with Crippen LogP contribution in [-0.4, -0.2) is 16.8 Å². The van der Waals surface area contributed by atoms with Crippen LogP contribution in [0.3, 0.4) is 0 Å². The van der Waals surface area contributed by atoms with Crippen LogP contribution >= 0.6 is 0 Å². The molecule has 1 rings (SSSR count). The molecule has 0 atom stereocenters. The summed E-state index contributed by atoms with van der Waals surface area (Å²) >= 11 is 0. The third-order valence-electron chi connectivity index (χ3n) is 1.89. The number of aromatic hydroxyl groups is 2. The average molecular weight is 233 g/mol. The molecule has 0 unspecified atom stereocenters. The summed E-state index contributed by atoms with van der Waals surface area (Å²) in [6.45, 7) is 0.0823. The maximum absolute atomic E-state index is 12.5. The highest BCUT2D eigenvalue weighted by Gasteiger charge is 2.33. The molecule has 0 aliphatic heterocycles. The first-order valence-electron chi connectivity index (χ1n) is 4.36. The predicted molar refractivity (Wildman–Crippen MR) is 52.9 cm³/mol. The molecule has 4 N–H and O–H groups in total. The van der Waals surface area contributed by atoms with E-state index in [-0.39, 0.29) is 12.1 Å². The molecular weight excluding hydrogens is 223 g/mol. The highest BCUT2D eigenvalue weighted by atomic mass is 19.4. The third-order valence-corrected chi connectivity index (χ3v) is 1.89. The minimum atomic E-state index is -4.60. The van der Waals surface area contributed by atoms with Gasteiger partial charge in [0.05, 0.1) is 5.56 Å². The Morgan fingerprint density at radius 3 is 2.25 bits per heavy atom. The lowest BCUT2D eigenvalue weighted by atomic mass is 10.1. The molecule has 6 heteroatoms. The summed E-state index contributed by atoms with van der Waals surface area (Å²) in [5.74, 6) is -1.41. The van der Waals surface area contributed by atoms with Crippen LogP contribution in [0.4, 0.5) is 13.2 Å². The van der Waals surface area contributed by atoms with Gasteiger partial charge < -0.3 is 15.9 Å². The number of alkyl halides is 3. The third kappa shape index (κ3) is 2.66. The van der Waals surface area contributed by atoms with E-state index in [0.717, 1.165) is 12.1 Å².